The van der Waals surface area contributed by atoms with Gasteiger partial charge in [-0.1, -0.05) is 0 Å². The number of nitrogens with zero attached hydrogens (tertiary/aromatic N) is 13. The third-order valence-electron chi connectivity index (χ3n) is 6.39. The molecular formula is C20H61N13OP4. The molecule has 0 unspecified atom stereocenters. The Kier molecular flexibility index (Phi) is 13.6. The Bertz CT molecular complexity index is 763. The van der Waals surface area contributed by atoms with Gasteiger partial charge in [-0.05, 0) is 0 Å². The second-order valence-electron chi connectivity index (χ2n) is 11.2. The van der Waals surface area contributed by atoms with Crippen molar-refractivity contribution in [3.05, 3.63) is 0 Å². The van der Waals surface area contributed by atoms with Crippen molar-refractivity contribution >= 4 is 30.0 Å². The Balaban J connectivity index is 9.36. The van der Waals surface area contributed by atoms with Gasteiger partial charge in [0, 0.05) is 0 Å². The first-order valence-electron chi connectivity index (χ1n) is 12.3. The molecule has 0 radical (unpaired) electrons. The Morgan fingerprint density at radius 2 is 0.474 bits per heavy atom. The van der Waals surface area contributed by atoms with Crippen LogP contribution in [0, 0.1) is 0 Å². The summed E-state index contributed by atoms with van der Waals surface area (Å²) in [5.41, 5.74) is 0. The molecule has 0 atom stereocenters. The van der Waals surface area contributed by atoms with Gasteiger partial charge in [-0.3, -0.25) is 0 Å². The SMILES string of the molecule is CN(C)P(=NP(O)(N=P(N(C)C)(N(C)C)N(C)C)(N=P(N(C)C)(N(C)C)N(C)C)N(C)C)(N(C)C)N(C)C. The molecule has 0 rings (SSSR count). The molecule has 0 aliphatic carbocycles. The van der Waals surface area contributed by atoms with Crippen LogP contribution in [0.3, 0.4) is 0 Å². The molecule has 0 saturated heterocycles. The first kappa shape index (κ1) is 38.7. The van der Waals surface area contributed by atoms with Crippen LogP contribution in [0.1, 0.15) is 0 Å². The van der Waals surface area contributed by atoms with E-state index in [1.807, 2.05) is 141 Å². The van der Waals surface area contributed by atoms with Crippen molar-refractivity contribution in [3.63, 3.8) is 0 Å². The molecule has 14 nitrogen and oxygen atoms in total. The third kappa shape index (κ3) is 6.67. The Labute approximate surface area is 236 Å². The van der Waals surface area contributed by atoms with Gasteiger partial charge in [0.2, 0.25) is 0 Å². The number of rotatable bonds is 13. The van der Waals surface area contributed by atoms with Crippen LogP contribution in [0.15, 0.2) is 13.5 Å². The summed E-state index contributed by atoms with van der Waals surface area (Å²) in [5, 5.41) is 0. The normalized spacial score (nSPS) is 15.8. The van der Waals surface area contributed by atoms with E-state index in [1.54, 1.807) is 4.67 Å². The molecule has 0 aromatic carbocycles. The van der Waals surface area contributed by atoms with Gasteiger partial charge in [0.05, 0.1) is 0 Å². The van der Waals surface area contributed by atoms with E-state index in [-0.39, 0.29) is 0 Å². The first-order chi connectivity index (χ1) is 16.9. The van der Waals surface area contributed by atoms with Gasteiger partial charge in [0.15, 0.2) is 0 Å². The van der Waals surface area contributed by atoms with Crippen molar-refractivity contribution in [3.8, 4) is 0 Å². The molecule has 18 heteroatoms. The molecule has 38 heavy (non-hydrogen) atoms. The van der Waals surface area contributed by atoms with Crippen LogP contribution in [0.4, 0.5) is 0 Å². The van der Waals surface area contributed by atoms with Crippen molar-refractivity contribution in [2.75, 3.05) is 141 Å². The molecule has 1 N–H and O–H groups in total. The van der Waals surface area contributed by atoms with Gasteiger partial charge in [-0.2, -0.15) is 0 Å². The van der Waals surface area contributed by atoms with Crippen LogP contribution in [-0.4, -0.2) is 193 Å². The molecule has 0 fully saturated rings. The van der Waals surface area contributed by atoms with E-state index in [2.05, 4.69) is 42.0 Å². The van der Waals surface area contributed by atoms with E-state index < -0.39 is 30.0 Å². The minimum absolute atomic E-state index is 1.79. The predicted molar refractivity (Wildman–Crippen MR) is 174 cm³/mol. The van der Waals surface area contributed by atoms with Gasteiger partial charge in [0.1, 0.15) is 0 Å². The molecule has 0 amide bonds. The molecule has 0 saturated carbocycles. The zero-order valence-electron chi connectivity index (χ0n) is 28.0. The predicted octanol–water partition coefficient (Wildman–Crippen LogP) is 3.56. The molecule has 0 bridgehead atoms. The van der Waals surface area contributed by atoms with E-state index in [0.717, 1.165) is 0 Å². The van der Waals surface area contributed by atoms with Crippen LogP contribution >= 0.6 is 30.0 Å². The molecule has 0 aliphatic heterocycles. The van der Waals surface area contributed by atoms with E-state index >= 15 is 0 Å². The zero-order valence-corrected chi connectivity index (χ0v) is 31.6. The zero-order chi connectivity index (χ0) is 30.8. The van der Waals surface area contributed by atoms with Crippen molar-refractivity contribution in [2.45, 2.75) is 0 Å². The third-order valence-corrected chi connectivity index (χ3v) is 24.2. The molecule has 0 spiro atoms. The van der Waals surface area contributed by atoms with Gasteiger partial charge >= 0.3 is 236 Å². The van der Waals surface area contributed by atoms with Crippen LogP contribution in [0.5, 0.6) is 0 Å². The van der Waals surface area contributed by atoms with Gasteiger partial charge in [-0.25, -0.2) is 0 Å². The number of hydrogen-bond acceptors (Lipinski definition) is 5. The fourth-order valence-electron chi connectivity index (χ4n) is 4.88. The second-order valence-corrected chi connectivity index (χ2v) is 26.4. The molecular weight excluding hydrogens is 562 g/mol. The van der Waals surface area contributed by atoms with Crippen molar-refractivity contribution in [1.29, 1.82) is 0 Å². The van der Waals surface area contributed by atoms with Crippen LogP contribution in [0.25, 0.3) is 0 Å². The summed E-state index contributed by atoms with van der Waals surface area (Å²) in [6.07, 6.45) is 0. The van der Waals surface area contributed by atoms with Gasteiger partial charge in [0.25, 0.3) is 0 Å². The summed E-state index contributed by atoms with van der Waals surface area (Å²) in [6, 6.07) is 0. The van der Waals surface area contributed by atoms with Gasteiger partial charge in [-0.15, -0.1) is 0 Å². The van der Waals surface area contributed by atoms with E-state index in [4.69, 9.17) is 13.5 Å². The van der Waals surface area contributed by atoms with Crippen molar-refractivity contribution in [1.82, 2.24) is 46.7 Å². The van der Waals surface area contributed by atoms with E-state index in [9.17, 15) is 4.89 Å². The van der Waals surface area contributed by atoms with E-state index in [1.165, 1.54) is 0 Å². The Hall–Kier alpha value is 0.680. The van der Waals surface area contributed by atoms with Gasteiger partial charge < -0.3 is 0 Å². The van der Waals surface area contributed by atoms with Crippen LogP contribution in [0.2, 0.25) is 0 Å². The maximum absolute atomic E-state index is 13.7. The number of hydrogen-bond donors (Lipinski definition) is 1. The summed E-state index contributed by atoms with van der Waals surface area (Å²) >= 11 is 0. The topological polar surface area (TPSA) is 89.7 Å². The summed E-state index contributed by atoms with van der Waals surface area (Å²) in [5.74, 6) is 0. The standard InChI is InChI=1S/C20H61N13OP4/c1-24(2)35(25(3)4,26(5)6)21-38(34,33(19)20,22-36(27(7)8,28(9)10)29(11)12)23-37(30(13)14,31(15)16)32(17)18/h34H,1-20H3. The molecule has 0 heterocycles. The molecule has 0 aliphatic rings. The fourth-order valence-corrected chi connectivity index (χ4v) is 25.5. The van der Waals surface area contributed by atoms with Crippen molar-refractivity contribution in [2.24, 2.45) is 13.5 Å². The molecule has 232 valence electrons. The van der Waals surface area contributed by atoms with Crippen LogP contribution < -0.4 is 0 Å². The molecule has 0 aromatic rings. The molecule has 0 aromatic heterocycles. The van der Waals surface area contributed by atoms with Crippen LogP contribution in [-0.2, 0) is 0 Å². The quantitative estimate of drug-likeness (QED) is 0.306. The Morgan fingerprint density at radius 1 is 0.342 bits per heavy atom. The monoisotopic (exact) mass is 623 g/mol. The summed E-state index contributed by atoms with van der Waals surface area (Å²) in [7, 11) is 26.9. The fraction of sp³-hybridized carbons (Fsp3) is 1.00. The summed E-state index contributed by atoms with van der Waals surface area (Å²) in [6.45, 7) is 0. The summed E-state index contributed by atoms with van der Waals surface area (Å²) in [4.78, 5) is 13.7. The second kappa shape index (κ2) is 13.3. The average molecular weight is 624 g/mol. The Morgan fingerprint density at radius 3 is 0.553 bits per heavy atom. The van der Waals surface area contributed by atoms with Crippen molar-refractivity contribution < 1.29 is 4.89 Å². The average Bonchev–Trinajstić information content (AvgIpc) is 2.72. The minimum atomic E-state index is -4.89. The first-order valence-corrected chi connectivity index (χ1v) is 19.1. The maximum atomic E-state index is 13.7. The summed E-state index contributed by atoms with van der Waals surface area (Å²) < 4.78 is 37.5. The van der Waals surface area contributed by atoms with E-state index in [0.29, 0.717) is 0 Å².